The van der Waals surface area contributed by atoms with Gasteiger partial charge in [-0.2, -0.15) is 0 Å². The van der Waals surface area contributed by atoms with Crippen LogP contribution in [0.1, 0.15) is 43.6 Å². The van der Waals surface area contributed by atoms with Crippen LogP contribution in [0, 0.1) is 5.92 Å². The summed E-state index contributed by atoms with van der Waals surface area (Å²) < 4.78 is 0. The Morgan fingerprint density at radius 1 is 1.26 bits per heavy atom. The van der Waals surface area contributed by atoms with E-state index in [1.807, 2.05) is 18.2 Å². The molecule has 0 heterocycles. The summed E-state index contributed by atoms with van der Waals surface area (Å²) in [5, 5.41) is 12.7. The van der Waals surface area contributed by atoms with Gasteiger partial charge in [0, 0.05) is 5.92 Å². The fourth-order valence-corrected chi connectivity index (χ4v) is 3.28. The van der Waals surface area contributed by atoms with E-state index in [2.05, 4.69) is 17.4 Å². The quantitative estimate of drug-likeness (QED) is 0.871. The largest absolute Gasteiger partial charge is 0.394 e. The van der Waals surface area contributed by atoms with Crippen LogP contribution in [0.15, 0.2) is 30.3 Å². The zero-order valence-corrected chi connectivity index (χ0v) is 11.1. The van der Waals surface area contributed by atoms with Crippen molar-refractivity contribution >= 4 is 5.91 Å². The number of hydrogen-bond acceptors (Lipinski definition) is 2. The second-order valence-corrected chi connectivity index (χ2v) is 5.99. The van der Waals surface area contributed by atoms with Crippen LogP contribution in [-0.2, 0) is 4.79 Å². The minimum absolute atomic E-state index is 0.0709. The van der Waals surface area contributed by atoms with Gasteiger partial charge >= 0.3 is 0 Å². The zero-order chi connectivity index (χ0) is 13.3. The van der Waals surface area contributed by atoms with Crippen molar-refractivity contribution in [1.82, 2.24) is 5.32 Å². The summed E-state index contributed by atoms with van der Waals surface area (Å²) in [5.74, 6) is 0.606. The number of aliphatic hydroxyl groups excluding tert-OH is 1. The van der Waals surface area contributed by atoms with Gasteiger partial charge in [0.1, 0.15) is 0 Å². The normalized spacial score (nSPS) is 28.1. The molecule has 2 aliphatic carbocycles. The number of amides is 1. The molecule has 0 aliphatic heterocycles. The molecule has 19 heavy (non-hydrogen) atoms. The van der Waals surface area contributed by atoms with Crippen LogP contribution in [0.4, 0.5) is 0 Å². The molecule has 102 valence electrons. The van der Waals surface area contributed by atoms with Gasteiger partial charge in [-0.25, -0.2) is 0 Å². The van der Waals surface area contributed by atoms with Gasteiger partial charge in [-0.15, -0.1) is 0 Å². The third-order valence-corrected chi connectivity index (χ3v) is 4.61. The number of rotatable bonds is 4. The number of nitrogens with one attached hydrogen (secondary N) is 1. The van der Waals surface area contributed by atoms with Crippen LogP contribution in [0.5, 0.6) is 0 Å². The molecule has 1 amide bonds. The Bertz CT molecular complexity index is 451. The summed E-state index contributed by atoms with van der Waals surface area (Å²) in [6.07, 6.45) is 4.98. The highest BCUT2D eigenvalue weighted by Crippen LogP contribution is 2.48. The van der Waals surface area contributed by atoms with E-state index in [-0.39, 0.29) is 24.0 Å². The Balaban J connectivity index is 1.61. The van der Waals surface area contributed by atoms with Crippen molar-refractivity contribution in [3.05, 3.63) is 35.9 Å². The standard InChI is InChI=1S/C16H21NO2/c18-11-16(8-4-5-9-16)17-15(19)14-10-13(14)12-6-2-1-3-7-12/h1-3,6-7,13-14,18H,4-5,8-11H2,(H,17,19). The first-order chi connectivity index (χ1) is 9.24. The Kier molecular flexibility index (Phi) is 3.31. The van der Waals surface area contributed by atoms with Crippen LogP contribution in [0.25, 0.3) is 0 Å². The molecular weight excluding hydrogens is 238 g/mol. The van der Waals surface area contributed by atoms with Crippen molar-refractivity contribution in [2.24, 2.45) is 5.92 Å². The zero-order valence-electron chi connectivity index (χ0n) is 11.1. The van der Waals surface area contributed by atoms with Crippen LogP contribution in [0.3, 0.4) is 0 Å². The van der Waals surface area contributed by atoms with Gasteiger partial charge in [-0.3, -0.25) is 4.79 Å². The number of aliphatic hydroxyl groups is 1. The third-order valence-electron chi connectivity index (χ3n) is 4.61. The Morgan fingerprint density at radius 3 is 2.58 bits per heavy atom. The Morgan fingerprint density at radius 2 is 1.95 bits per heavy atom. The van der Waals surface area contributed by atoms with Crippen molar-refractivity contribution in [2.45, 2.75) is 43.6 Å². The molecule has 0 aromatic heterocycles. The smallest absolute Gasteiger partial charge is 0.224 e. The number of carbonyl (C=O) groups is 1. The second kappa shape index (κ2) is 4.97. The highest BCUT2D eigenvalue weighted by molar-refractivity contribution is 5.83. The first-order valence-electron chi connectivity index (χ1n) is 7.22. The van der Waals surface area contributed by atoms with Gasteiger partial charge in [0.2, 0.25) is 5.91 Å². The van der Waals surface area contributed by atoms with E-state index < -0.39 is 0 Å². The van der Waals surface area contributed by atoms with Crippen LogP contribution < -0.4 is 5.32 Å². The maximum absolute atomic E-state index is 12.3. The van der Waals surface area contributed by atoms with Gasteiger partial charge < -0.3 is 10.4 Å². The molecule has 3 rings (SSSR count). The van der Waals surface area contributed by atoms with E-state index in [9.17, 15) is 9.90 Å². The maximum atomic E-state index is 12.3. The van der Waals surface area contributed by atoms with Crippen molar-refractivity contribution in [2.75, 3.05) is 6.61 Å². The fraction of sp³-hybridized carbons (Fsp3) is 0.562. The molecule has 0 saturated heterocycles. The van der Waals surface area contributed by atoms with Crippen molar-refractivity contribution < 1.29 is 9.90 Å². The molecular formula is C16H21NO2. The average molecular weight is 259 g/mol. The lowest BCUT2D eigenvalue weighted by Gasteiger charge is -2.28. The second-order valence-electron chi connectivity index (χ2n) is 5.99. The lowest BCUT2D eigenvalue weighted by Crippen LogP contribution is -2.49. The molecule has 2 N–H and O–H groups in total. The third kappa shape index (κ3) is 2.52. The van der Waals surface area contributed by atoms with Gasteiger partial charge in [-0.1, -0.05) is 43.2 Å². The summed E-state index contributed by atoms with van der Waals surface area (Å²) in [4.78, 5) is 12.3. The summed E-state index contributed by atoms with van der Waals surface area (Å²) in [6.45, 7) is 0.0709. The highest BCUT2D eigenvalue weighted by Gasteiger charge is 2.46. The van der Waals surface area contributed by atoms with E-state index in [4.69, 9.17) is 0 Å². The fourth-order valence-electron chi connectivity index (χ4n) is 3.28. The predicted octanol–water partition coefficient (Wildman–Crippen LogP) is 2.21. The Labute approximate surface area is 114 Å². The number of carbonyl (C=O) groups excluding carboxylic acids is 1. The minimum Gasteiger partial charge on any atom is -0.394 e. The lowest BCUT2D eigenvalue weighted by atomic mass is 9.98. The van der Waals surface area contributed by atoms with E-state index in [1.165, 1.54) is 5.56 Å². The summed E-state index contributed by atoms with van der Waals surface area (Å²) in [5.41, 5.74) is 0.924. The lowest BCUT2D eigenvalue weighted by molar-refractivity contribution is -0.124. The molecule has 2 aliphatic rings. The van der Waals surface area contributed by atoms with Crippen molar-refractivity contribution in [1.29, 1.82) is 0 Å². The van der Waals surface area contributed by atoms with Gasteiger partial charge in [0.25, 0.3) is 0 Å². The van der Waals surface area contributed by atoms with E-state index in [0.717, 1.165) is 32.1 Å². The van der Waals surface area contributed by atoms with Gasteiger partial charge in [0.15, 0.2) is 0 Å². The van der Waals surface area contributed by atoms with E-state index >= 15 is 0 Å². The summed E-state index contributed by atoms with van der Waals surface area (Å²) in [7, 11) is 0. The first kappa shape index (κ1) is 12.7. The molecule has 2 saturated carbocycles. The monoisotopic (exact) mass is 259 g/mol. The molecule has 0 bridgehead atoms. The average Bonchev–Trinajstić information content (AvgIpc) is 3.13. The minimum atomic E-state index is -0.332. The molecule has 3 nitrogen and oxygen atoms in total. The molecule has 2 unspecified atom stereocenters. The number of hydrogen-bond donors (Lipinski definition) is 2. The van der Waals surface area contributed by atoms with Crippen LogP contribution >= 0.6 is 0 Å². The topological polar surface area (TPSA) is 49.3 Å². The summed E-state index contributed by atoms with van der Waals surface area (Å²) >= 11 is 0. The van der Waals surface area contributed by atoms with Crippen LogP contribution in [0.2, 0.25) is 0 Å². The van der Waals surface area contributed by atoms with Gasteiger partial charge in [-0.05, 0) is 30.7 Å². The van der Waals surface area contributed by atoms with E-state index in [0.29, 0.717) is 5.92 Å². The molecule has 0 spiro atoms. The SMILES string of the molecule is O=C(NC1(CO)CCCC1)C1CC1c1ccccc1. The maximum Gasteiger partial charge on any atom is 0.224 e. The predicted molar refractivity (Wildman–Crippen MR) is 73.7 cm³/mol. The summed E-state index contributed by atoms with van der Waals surface area (Å²) in [6, 6.07) is 10.2. The molecule has 1 aromatic carbocycles. The Hall–Kier alpha value is -1.35. The van der Waals surface area contributed by atoms with E-state index in [1.54, 1.807) is 0 Å². The van der Waals surface area contributed by atoms with Crippen molar-refractivity contribution in [3.63, 3.8) is 0 Å². The number of benzene rings is 1. The highest BCUT2D eigenvalue weighted by atomic mass is 16.3. The molecule has 0 radical (unpaired) electrons. The molecule has 2 fully saturated rings. The van der Waals surface area contributed by atoms with Crippen LogP contribution in [-0.4, -0.2) is 23.2 Å². The van der Waals surface area contributed by atoms with Gasteiger partial charge in [0.05, 0.1) is 12.1 Å². The first-order valence-corrected chi connectivity index (χ1v) is 7.22. The van der Waals surface area contributed by atoms with Crippen molar-refractivity contribution in [3.8, 4) is 0 Å². The molecule has 3 heteroatoms. The molecule has 1 aromatic rings. The molecule has 2 atom stereocenters.